The molecule has 1 amide bonds. The number of hydrogen-bond acceptors (Lipinski definition) is 7. The lowest BCUT2D eigenvalue weighted by molar-refractivity contribution is 0.0947. The Morgan fingerprint density at radius 1 is 1.06 bits per heavy atom. The predicted molar refractivity (Wildman–Crippen MR) is 135 cm³/mol. The summed E-state index contributed by atoms with van der Waals surface area (Å²) in [6, 6.07) is 12.2. The number of rotatable bonds is 9. The highest BCUT2D eigenvalue weighted by Crippen LogP contribution is 2.27. The molecule has 1 N–H and O–H groups in total. The van der Waals surface area contributed by atoms with E-state index in [1.165, 1.54) is 17.3 Å². The van der Waals surface area contributed by atoms with Gasteiger partial charge in [-0.1, -0.05) is 36.3 Å². The van der Waals surface area contributed by atoms with E-state index in [4.69, 9.17) is 4.52 Å². The van der Waals surface area contributed by atoms with E-state index in [1.54, 1.807) is 12.3 Å². The minimum Gasteiger partial charge on any atom is -0.361 e. The van der Waals surface area contributed by atoms with Crippen LogP contribution in [0.4, 0.5) is 0 Å². The topological polar surface area (TPSA) is 74.5 Å². The van der Waals surface area contributed by atoms with Gasteiger partial charge in [0.1, 0.15) is 10.8 Å². The highest BCUT2D eigenvalue weighted by atomic mass is 32.2. The fraction of sp³-hybridized carbons (Fsp3) is 0.423. The molecule has 0 aliphatic carbocycles. The van der Waals surface area contributed by atoms with Gasteiger partial charge in [0.15, 0.2) is 0 Å². The number of thioether (sulfide) groups is 1. The zero-order chi connectivity index (χ0) is 23.9. The molecule has 0 saturated carbocycles. The molecule has 180 valence electrons. The van der Waals surface area contributed by atoms with Crippen molar-refractivity contribution in [3.8, 4) is 0 Å². The Hall–Kier alpha value is -2.68. The van der Waals surface area contributed by atoms with Gasteiger partial charge in [0.25, 0.3) is 5.91 Å². The molecule has 1 aliphatic heterocycles. The number of carbonyl (C=O) groups is 1. The van der Waals surface area contributed by atoms with E-state index in [1.807, 2.05) is 19.9 Å². The zero-order valence-corrected chi connectivity index (χ0v) is 21.0. The Kier molecular flexibility index (Phi) is 8.37. The smallest absolute Gasteiger partial charge is 0.254 e. The van der Waals surface area contributed by atoms with E-state index in [0.29, 0.717) is 22.9 Å². The van der Waals surface area contributed by atoms with Crippen molar-refractivity contribution in [1.29, 1.82) is 0 Å². The number of nitrogens with zero attached hydrogens (tertiary/aromatic N) is 4. The summed E-state index contributed by atoms with van der Waals surface area (Å²) in [6.07, 6.45) is 1.72. The van der Waals surface area contributed by atoms with Crippen LogP contribution in [0.25, 0.3) is 0 Å². The molecule has 8 heteroatoms. The SMILES string of the molecule is CCN1CCN(Cc2ccc(CNC(=O)c3cccnc3SCc3c(C)noc3C)cc2)CC1. The van der Waals surface area contributed by atoms with E-state index in [0.717, 1.165) is 61.8 Å². The molecule has 1 aliphatic rings. The summed E-state index contributed by atoms with van der Waals surface area (Å²) in [7, 11) is 0. The Bertz CT molecular complexity index is 1070. The second-order valence-corrected chi connectivity index (χ2v) is 9.62. The van der Waals surface area contributed by atoms with Gasteiger partial charge in [0.2, 0.25) is 0 Å². The largest absolute Gasteiger partial charge is 0.361 e. The fourth-order valence-electron chi connectivity index (χ4n) is 4.09. The Balaban J connectivity index is 1.30. The van der Waals surface area contributed by atoms with Crippen molar-refractivity contribution >= 4 is 17.7 Å². The van der Waals surface area contributed by atoms with Crippen LogP contribution in [0.15, 0.2) is 52.1 Å². The third-order valence-corrected chi connectivity index (χ3v) is 7.38. The molecule has 1 saturated heterocycles. The number of pyridine rings is 1. The third kappa shape index (κ3) is 6.25. The van der Waals surface area contributed by atoms with Gasteiger partial charge in [-0.3, -0.25) is 9.69 Å². The molecule has 2 aromatic heterocycles. The molecule has 4 rings (SSSR count). The van der Waals surface area contributed by atoms with E-state index in [-0.39, 0.29) is 5.91 Å². The molecular formula is C26H33N5O2S. The normalized spacial score (nSPS) is 14.9. The molecule has 0 atom stereocenters. The highest BCUT2D eigenvalue weighted by molar-refractivity contribution is 7.98. The molecular weight excluding hydrogens is 446 g/mol. The first-order chi connectivity index (χ1) is 16.5. The fourth-order valence-corrected chi connectivity index (χ4v) is 5.23. The van der Waals surface area contributed by atoms with Crippen LogP contribution in [0.5, 0.6) is 0 Å². The lowest BCUT2D eigenvalue weighted by atomic mass is 10.1. The van der Waals surface area contributed by atoms with Crippen LogP contribution >= 0.6 is 11.8 Å². The average Bonchev–Trinajstić information content (AvgIpc) is 3.19. The van der Waals surface area contributed by atoms with Crippen LogP contribution < -0.4 is 5.32 Å². The molecule has 0 unspecified atom stereocenters. The van der Waals surface area contributed by atoms with E-state index in [2.05, 4.69) is 56.4 Å². The number of piperazine rings is 1. The number of carbonyl (C=O) groups excluding carboxylic acids is 1. The van der Waals surface area contributed by atoms with Gasteiger partial charge in [-0.15, -0.1) is 11.8 Å². The summed E-state index contributed by atoms with van der Waals surface area (Å²) in [5.74, 6) is 1.35. The van der Waals surface area contributed by atoms with E-state index < -0.39 is 0 Å². The summed E-state index contributed by atoms with van der Waals surface area (Å²) >= 11 is 1.52. The van der Waals surface area contributed by atoms with Gasteiger partial charge in [-0.2, -0.15) is 0 Å². The molecule has 3 heterocycles. The molecule has 1 fully saturated rings. The summed E-state index contributed by atoms with van der Waals surface area (Å²) in [5, 5.41) is 7.75. The lowest BCUT2D eigenvalue weighted by Gasteiger charge is -2.34. The Morgan fingerprint density at radius 3 is 2.44 bits per heavy atom. The van der Waals surface area contributed by atoms with Crippen molar-refractivity contribution < 1.29 is 9.32 Å². The maximum absolute atomic E-state index is 12.9. The third-order valence-electron chi connectivity index (χ3n) is 6.34. The summed E-state index contributed by atoms with van der Waals surface area (Å²) in [4.78, 5) is 22.3. The van der Waals surface area contributed by atoms with Crippen LogP contribution in [0.1, 0.15) is 45.4 Å². The first-order valence-corrected chi connectivity index (χ1v) is 12.8. The predicted octanol–water partition coefficient (Wildman–Crippen LogP) is 4.05. The van der Waals surface area contributed by atoms with Crippen molar-refractivity contribution in [2.24, 2.45) is 0 Å². The number of aryl methyl sites for hydroxylation is 2. The van der Waals surface area contributed by atoms with E-state index in [9.17, 15) is 4.79 Å². The lowest BCUT2D eigenvalue weighted by Crippen LogP contribution is -2.45. The average molecular weight is 480 g/mol. The zero-order valence-electron chi connectivity index (χ0n) is 20.2. The summed E-state index contributed by atoms with van der Waals surface area (Å²) in [5.41, 5.74) is 4.90. The molecule has 0 radical (unpaired) electrons. The maximum atomic E-state index is 12.9. The van der Waals surface area contributed by atoms with Gasteiger partial charge in [-0.05, 0) is 43.7 Å². The molecule has 0 bridgehead atoms. The molecule has 3 aromatic rings. The first kappa shape index (κ1) is 24.4. The van der Waals surface area contributed by atoms with E-state index >= 15 is 0 Å². The number of likely N-dealkylation sites (N-methyl/N-ethyl adjacent to an activating group) is 1. The number of hydrogen-bond donors (Lipinski definition) is 1. The van der Waals surface area contributed by atoms with Crippen molar-refractivity contribution in [2.75, 3.05) is 32.7 Å². The van der Waals surface area contributed by atoms with Crippen LogP contribution in [-0.4, -0.2) is 58.6 Å². The number of benzene rings is 1. The van der Waals surface area contributed by atoms with Gasteiger partial charge < -0.3 is 14.7 Å². The second-order valence-electron chi connectivity index (χ2n) is 8.66. The number of nitrogens with one attached hydrogen (secondary N) is 1. The highest BCUT2D eigenvalue weighted by Gasteiger charge is 2.17. The van der Waals surface area contributed by atoms with Crippen molar-refractivity contribution in [1.82, 2.24) is 25.3 Å². The van der Waals surface area contributed by atoms with Crippen molar-refractivity contribution in [2.45, 2.75) is 44.6 Å². The Morgan fingerprint density at radius 2 is 1.76 bits per heavy atom. The minimum absolute atomic E-state index is 0.118. The maximum Gasteiger partial charge on any atom is 0.254 e. The monoisotopic (exact) mass is 479 g/mol. The van der Waals surface area contributed by atoms with Crippen molar-refractivity contribution in [3.63, 3.8) is 0 Å². The van der Waals surface area contributed by atoms with Crippen LogP contribution in [0.2, 0.25) is 0 Å². The number of amides is 1. The van der Waals surface area contributed by atoms with Crippen LogP contribution in [-0.2, 0) is 18.8 Å². The summed E-state index contributed by atoms with van der Waals surface area (Å²) in [6.45, 7) is 13.2. The first-order valence-electron chi connectivity index (χ1n) is 11.8. The quantitative estimate of drug-likeness (QED) is 0.464. The van der Waals surface area contributed by atoms with Crippen molar-refractivity contribution in [3.05, 3.63) is 76.3 Å². The second kappa shape index (κ2) is 11.6. The van der Waals surface area contributed by atoms with Gasteiger partial charge in [0.05, 0.1) is 11.3 Å². The summed E-state index contributed by atoms with van der Waals surface area (Å²) < 4.78 is 5.24. The van der Waals surface area contributed by atoms with Gasteiger partial charge in [-0.25, -0.2) is 4.98 Å². The molecule has 7 nitrogen and oxygen atoms in total. The number of aromatic nitrogens is 2. The van der Waals surface area contributed by atoms with Crippen LogP contribution in [0.3, 0.4) is 0 Å². The van der Waals surface area contributed by atoms with Gasteiger partial charge in [0, 0.05) is 56.8 Å². The minimum atomic E-state index is -0.118. The van der Waals surface area contributed by atoms with Crippen LogP contribution in [0, 0.1) is 13.8 Å². The molecule has 1 aromatic carbocycles. The molecule has 0 spiro atoms. The molecule has 34 heavy (non-hydrogen) atoms. The van der Waals surface area contributed by atoms with Gasteiger partial charge >= 0.3 is 0 Å². The standard InChI is InChI=1S/C26H33N5O2S/c1-4-30-12-14-31(15-13-30)17-22-9-7-21(8-10-22)16-28-25(32)23-6-5-11-27-26(23)34-18-24-19(2)29-33-20(24)3/h5-11H,4,12-18H2,1-3H3,(H,28,32). The Labute approximate surface area is 205 Å².